The lowest BCUT2D eigenvalue weighted by Gasteiger charge is -2.39. The maximum atomic E-state index is 12.4. The number of hydrogen-bond donors (Lipinski definition) is 1. The van der Waals surface area contributed by atoms with Crippen molar-refractivity contribution in [2.24, 2.45) is 17.8 Å². The Morgan fingerprint density at radius 2 is 1.78 bits per heavy atom. The van der Waals surface area contributed by atoms with Gasteiger partial charge in [-0.05, 0) is 37.5 Å². The number of rotatable bonds is 1. The summed E-state index contributed by atoms with van der Waals surface area (Å²) in [7, 11) is 0. The molecule has 4 atom stereocenters. The quantitative estimate of drug-likeness (QED) is 0.776. The third-order valence-electron chi connectivity index (χ3n) is 5.36. The van der Waals surface area contributed by atoms with E-state index >= 15 is 0 Å². The molecule has 0 aromatic rings. The Morgan fingerprint density at radius 3 is 2.50 bits per heavy atom. The second kappa shape index (κ2) is 5.20. The maximum absolute atomic E-state index is 12.4. The van der Waals surface area contributed by atoms with Gasteiger partial charge in [-0.2, -0.15) is 0 Å². The van der Waals surface area contributed by atoms with Gasteiger partial charge in [0.15, 0.2) is 0 Å². The first-order chi connectivity index (χ1) is 8.74. The zero-order chi connectivity index (χ0) is 12.5. The number of aliphatic hydroxyl groups is 1. The monoisotopic (exact) mass is 251 g/mol. The van der Waals surface area contributed by atoms with E-state index in [1.807, 2.05) is 4.90 Å². The van der Waals surface area contributed by atoms with Gasteiger partial charge in [-0.25, -0.2) is 0 Å². The fraction of sp³-hybridized carbons (Fsp3) is 0.933. The van der Waals surface area contributed by atoms with Gasteiger partial charge in [0.25, 0.3) is 0 Å². The molecule has 3 heteroatoms. The fourth-order valence-corrected chi connectivity index (χ4v) is 4.30. The molecule has 102 valence electrons. The Labute approximate surface area is 110 Å². The van der Waals surface area contributed by atoms with Gasteiger partial charge in [-0.15, -0.1) is 0 Å². The Hall–Kier alpha value is -0.570. The number of likely N-dealkylation sites (tertiary alicyclic amines) is 1. The second-order valence-electron chi connectivity index (χ2n) is 6.54. The number of carbonyl (C=O) groups is 1. The predicted octanol–water partition coefficient (Wildman–Crippen LogP) is 2.19. The van der Waals surface area contributed by atoms with Gasteiger partial charge < -0.3 is 10.0 Å². The van der Waals surface area contributed by atoms with Gasteiger partial charge in [0, 0.05) is 19.0 Å². The smallest absolute Gasteiger partial charge is 0.225 e. The summed E-state index contributed by atoms with van der Waals surface area (Å²) in [6.45, 7) is 1.34. The topological polar surface area (TPSA) is 40.5 Å². The van der Waals surface area contributed by atoms with Gasteiger partial charge in [0.2, 0.25) is 5.91 Å². The molecule has 1 aliphatic heterocycles. The number of hydrogen-bond acceptors (Lipinski definition) is 2. The van der Waals surface area contributed by atoms with Crippen LogP contribution in [0.15, 0.2) is 0 Å². The summed E-state index contributed by atoms with van der Waals surface area (Å²) in [5.41, 5.74) is 0. The van der Waals surface area contributed by atoms with Crippen molar-refractivity contribution >= 4 is 5.91 Å². The molecule has 3 aliphatic rings. The number of β-amino-alcohol motifs (C(OH)–C–C–N with tert-alkyl or cyclic N) is 1. The van der Waals surface area contributed by atoms with Crippen molar-refractivity contribution in [3.8, 4) is 0 Å². The van der Waals surface area contributed by atoms with Crippen molar-refractivity contribution in [2.75, 3.05) is 13.1 Å². The highest BCUT2D eigenvalue weighted by Gasteiger charge is 2.37. The number of fused-ring (bicyclic) bond motifs is 1. The Balaban J connectivity index is 1.58. The second-order valence-corrected chi connectivity index (χ2v) is 6.54. The van der Waals surface area contributed by atoms with Crippen molar-refractivity contribution in [2.45, 2.75) is 57.5 Å². The number of aliphatic hydroxyl groups excluding tert-OH is 1. The molecular formula is C15H25NO2. The average molecular weight is 251 g/mol. The molecule has 1 saturated heterocycles. The van der Waals surface area contributed by atoms with Crippen LogP contribution in [0.25, 0.3) is 0 Å². The summed E-state index contributed by atoms with van der Waals surface area (Å²) in [6, 6.07) is 0. The van der Waals surface area contributed by atoms with E-state index in [0.29, 0.717) is 12.5 Å². The maximum Gasteiger partial charge on any atom is 0.225 e. The highest BCUT2D eigenvalue weighted by Crippen LogP contribution is 2.43. The van der Waals surface area contributed by atoms with Crippen molar-refractivity contribution in [1.29, 1.82) is 0 Å². The molecule has 1 amide bonds. The molecule has 1 heterocycles. The van der Waals surface area contributed by atoms with Crippen LogP contribution in [0.4, 0.5) is 0 Å². The minimum Gasteiger partial charge on any atom is -0.391 e. The van der Waals surface area contributed by atoms with Crippen LogP contribution in [0.3, 0.4) is 0 Å². The summed E-state index contributed by atoms with van der Waals surface area (Å²) in [6.07, 6.45) is 9.47. The minimum absolute atomic E-state index is 0.259. The van der Waals surface area contributed by atoms with Crippen molar-refractivity contribution in [3.63, 3.8) is 0 Å². The SMILES string of the molecule is O=C([C@@H]1CC[C@@H]2CCCC[C@@H]2C1)N1CC[C@@H](O)C1. The first-order valence-corrected chi connectivity index (χ1v) is 7.71. The van der Waals surface area contributed by atoms with E-state index in [2.05, 4.69) is 0 Å². The molecule has 1 N–H and O–H groups in total. The summed E-state index contributed by atoms with van der Waals surface area (Å²) < 4.78 is 0. The number of nitrogens with zero attached hydrogens (tertiary/aromatic N) is 1. The van der Waals surface area contributed by atoms with Crippen LogP contribution in [-0.4, -0.2) is 35.1 Å². The van der Waals surface area contributed by atoms with Crippen molar-refractivity contribution in [3.05, 3.63) is 0 Å². The average Bonchev–Trinajstić information content (AvgIpc) is 2.84. The van der Waals surface area contributed by atoms with Gasteiger partial charge in [0.05, 0.1) is 6.10 Å². The van der Waals surface area contributed by atoms with E-state index in [1.165, 1.54) is 32.1 Å². The highest BCUT2D eigenvalue weighted by molar-refractivity contribution is 5.79. The molecule has 0 unspecified atom stereocenters. The van der Waals surface area contributed by atoms with Crippen LogP contribution in [0.1, 0.15) is 51.4 Å². The lowest BCUT2D eigenvalue weighted by molar-refractivity contribution is -0.137. The fourth-order valence-electron chi connectivity index (χ4n) is 4.30. The van der Waals surface area contributed by atoms with Crippen LogP contribution in [0, 0.1) is 17.8 Å². The molecule has 18 heavy (non-hydrogen) atoms. The van der Waals surface area contributed by atoms with Crippen LogP contribution < -0.4 is 0 Å². The lowest BCUT2D eigenvalue weighted by atomic mass is 9.67. The molecule has 3 fully saturated rings. The number of carbonyl (C=O) groups excluding carboxylic acids is 1. The Kier molecular flexibility index (Phi) is 3.60. The van der Waals surface area contributed by atoms with Crippen LogP contribution >= 0.6 is 0 Å². The summed E-state index contributed by atoms with van der Waals surface area (Å²) >= 11 is 0. The summed E-state index contributed by atoms with van der Waals surface area (Å²) in [5, 5.41) is 9.54. The van der Waals surface area contributed by atoms with Crippen molar-refractivity contribution in [1.82, 2.24) is 4.90 Å². The lowest BCUT2D eigenvalue weighted by Crippen LogP contribution is -2.39. The third-order valence-corrected chi connectivity index (χ3v) is 5.36. The van der Waals surface area contributed by atoms with Gasteiger partial charge in [0.1, 0.15) is 0 Å². The minimum atomic E-state index is -0.278. The van der Waals surface area contributed by atoms with E-state index in [4.69, 9.17) is 0 Å². The third kappa shape index (κ3) is 2.42. The molecule has 2 aliphatic carbocycles. The highest BCUT2D eigenvalue weighted by atomic mass is 16.3. The summed E-state index contributed by atoms with van der Waals surface area (Å²) in [4.78, 5) is 14.3. The molecule has 0 bridgehead atoms. The first kappa shape index (κ1) is 12.5. The molecule has 0 aromatic carbocycles. The Morgan fingerprint density at radius 1 is 1.00 bits per heavy atom. The van der Waals surface area contributed by atoms with E-state index in [-0.39, 0.29) is 12.0 Å². The van der Waals surface area contributed by atoms with Gasteiger partial charge in [-0.3, -0.25) is 4.79 Å². The molecular weight excluding hydrogens is 226 g/mol. The van der Waals surface area contributed by atoms with E-state index in [0.717, 1.165) is 37.6 Å². The molecule has 0 aromatic heterocycles. The van der Waals surface area contributed by atoms with Crippen molar-refractivity contribution < 1.29 is 9.90 Å². The normalized spacial score (nSPS) is 40.6. The van der Waals surface area contributed by atoms with Crippen LogP contribution in [0.5, 0.6) is 0 Å². The molecule has 0 radical (unpaired) electrons. The summed E-state index contributed by atoms with van der Waals surface area (Å²) in [5.74, 6) is 2.31. The van der Waals surface area contributed by atoms with E-state index in [1.54, 1.807) is 0 Å². The largest absolute Gasteiger partial charge is 0.391 e. The zero-order valence-electron chi connectivity index (χ0n) is 11.2. The standard InChI is InChI=1S/C15H25NO2/c17-14-7-8-16(10-14)15(18)13-6-5-11-3-1-2-4-12(11)9-13/h11-14,17H,1-10H2/t11-,12+,13+,14+/m0/s1. The number of amides is 1. The van der Waals surface area contributed by atoms with Crippen LogP contribution in [-0.2, 0) is 4.79 Å². The van der Waals surface area contributed by atoms with Gasteiger partial charge in [-0.1, -0.05) is 25.7 Å². The van der Waals surface area contributed by atoms with Gasteiger partial charge >= 0.3 is 0 Å². The predicted molar refractivity (Wildman–Crippen MR) is 70.0 cm³/mol. The van der Waals surface area contributed by atoms with E-state index in [9.17, 15) is 9.90 Å². The molecule has 2 saturated carbocycles. The first-order valence-electron chi connectivity index (χ1n) is 7.71. The Bertz CT molecular complexity index is 318. The zero-order valence-corrected chi connectivity index (χ0v) is 11.2. The van der Waals surface area contributed by atoms with Crippen LogP contribution in [0.2, 0.25) is 0 Å². The molecule has 3 rings (SSSR count). The molecule has 3 nitrogen and oxygen atoms in total. The molecule has 0 spiro atoms. The van der Waals surface area contributed by atoms with E-state index < -0.39 is 0 Å².